The zero-order valence-corrected chi connectivity index (χ0v) is 15.9. The van der Waals surface area contributed by atoms with E-state index in [0.29, 0.717) is 13.2 Å². The van der Waals surface area contributed by atoms with E-state index in [9.17, 15) is 10.1 Å². The quantitative estimate of drug-likeness (QED) is 0.612. The number of benzene rings is 2. The van der Waals surface area contributed by atoms with Crippen LogP contribution in [-0.2, 0) is 4.74 Å². The molecule has 2 aliphatic rings. The van der Waals surface area contributed by atoms with Crippen molar-refractivity contribution in [2.75, 3.05) is 26.3 Å². The van der Waals surface area contributed by atoms with E-state index in [4.69, 9.17) is 4.74 Å². The minimum atomic E-state index is -1.08. The van der Waals surface area contributed by atoms with Crippen molar-refractivity contribution in [1.82, 2.24) is 4.90 Å². The second kappa shape index (κ2) is 6.73. The summed E-state index contributed by atoms with van der Waals surface area (Å²) >= 11 is 0. The lowest BCUT2D eigenvalue weighted by Crippen LogP contribution is -2.80. The first-order chi connectivity index (χ1) is 13.0. The summed E-state index contributed by atoms with van der Waals surface area (Å²) in [5.74, 6) is -0.126. The lowest BCUT2D eigenvalue weighted by Gasteiger charge is -2.65. The molecule has 27 heavy (non-hydrogen) atoms. The summed E-state index contributed by atoms with van der Waals surface area (Å²) in [7, 11) is 0. The summed E-state index contributed by atoms with van der Waals surface area (Å²) in [6.07, 6.45) is 0. The minimum Gasteiger partial charge on any atom is -0.379 e. The van der Waals surface area contributed by atoms with Gasteiger partial charge in [-0.15, -0.1) is 0 Å². The Morgan fingerprint density at radius 3 is 1.89 bits per heavy atom. The van der Waals surface area contributed by atoms with Gasteiger partial charge in [0.2, 0.25) is 5.54 Å². The SMILES string of the molecule is CC1(N2CCOCC2)[C@@H](c2ccccc2)[C@H](c2ccccc2)C1(C)[N+](=O)[O-]. The van der Waals surface area contributed by atoms with E-state index in [1.54, 1.807) is 0 Å². The molecule has 1 saturated heterocycles. The zero-order valence-electron chi connectivity index (χ0n) is 15.9. The van der Waals surface area contributed by atoms with Crippen molar-refractivity contribution >= 4 is 0 Å². The van der Waals surface area contributed by atoms with E-state index in [1.165, 1.54) is 5.56 Å². The third-order valence-electron chi connectivity index (χ3n) is 6.93. The fraction of sp³-hybridized carbons (Fsp3) is 0.455. The molecule has 0 aromatic heterocycles. The first-order valence-electron chi connectivity index (χ1n) is 9.58. The summed E-state index contributed by atoms with van der Waals surface area (Å²) in [5, 5.41) is 12.5. The highest BCUT2D eigenvalue weighted by Crippen LogP contribution is 2.65. The van der Waals surface area contributed by atoms with Crippen molar-refractivity contribution in [2.45, 2.75) is 36.8 Å². The number of ether oxygens (including phenoxy) is 1. The molecular formula is C22H26N2O3. The van der Waals surface area contributed by atoms with Crippen LogP contribution in [0.1, 0.15) is 36.8 Å². The molecule has 1 aliphatic heterocycles. The van der Waals surface area contributed by atoms with Crippen molar-refractivity contribution < 1.29 is 9.66 Å². The predicted molar refractivity (Wildman–Crippen MR) is 105 cm³/mol. The van der Waals surface area contributed by atoms with Crippen LogP contribution in [0, 0.1) is 10.1 Å². The Kier molecular flexibility index (Phi) is 4.52. The Balaban J connectivity index is 1.88. The summed E-state index contributed by atoms with van der Waals surface area (Å²) in [5.41, 5.74) is 0.546. The average molecular weight is 366 g/mol. The third-order valence-corrected chi connectivity index (χ3v) is 6.93. The third kappa shape index (κ3) is 2.52. The van der Waals surface area contributed by atoms with Gasteiger partial charge in [-0.2, -0.15) is 0 Å². The highest BCUT2D eigenvalue weighted by molar-refractivity contribution is 5.45. The van der Waals surface area contributed by atoms with Crippen LogP contribution >= 0.6 is 0 Å². The van der Waals surface area contributed by atoms with Crippen LogP contribution in [0.3, 0.4) is 0 Å². The van der Waals surface area contributed by atoms with E-state index in [1.807, 2.05) is 55.5 Å². The second-order valence-electron chi connectivity index (χ2n) is 7.93. The first kappa shape index (κ1) is 18.1. The molecule has 0 radical (unpaired) electrons. The minimum absolute atomic E-state index is 0.0421. The summed E-state index contributed by atoms with van der Waals surface area (Å²) in [6, 6.07) is 20.2. The van der Waals surface area contributed by atoms with E-state index < -0.39 is 11.1 Å². The predicted octanol–water partition coefficient (Wildman–Crippen LogP) is 3.69. The van der Waals surface area contributed by atoms with Crippen molar-refractivity contribution in [2.24, 2.45) is 0 Å². The molecule has 1 aliphatic carbocycles. The highest BCUT2D eigenvalue weighted by Gasteiger charge is 2.77. The number of rotatable bonds is 4. The van der Waals surface area contributed by atoms with Gasteiger partial charge < -0.3 is 4.74 Å². The number of nitro groups is 1. The molecule has 142 valence electrons. The van der Waals surface area contributed by atoms with E-state index >= 15 is 0 Å². The van der Waals surface area contributed by atoms with Crippen molar-refractivity contribution in [3.8, 4) is 0 Å². The molecule has 2 aromatic rings. The molecule has 0 amide bonds. The number of hydrogen-bond donors (Lipinski definition) is 0. The van der Waals surface area contributed by atoms with Crippen LogP contribution in [0.15, 0.2) is 60.7 Å². The van der Waals surface area contributed by atoms with Gasteiger partial charge in [-0.25, -0.2) is 0 Å². The number of morpholine rings is 1. The van der Waals surface area contributed by atoms with Crippen LogP contribution in [0.4, 0.5) is 0 Å². The molecule has 4 atom stereocenters. The van der Waals surface area contributed by atoms with Gasteiger partial charge in [-0.05, 0) is 18.1 Å². The molecule has 2 fully saturated rings. The molecule has 0 N–H and O–H groups in total. The molecule has 4 rings (SSSR count). The molecule has 0 bridgehead atoms. The Morgan fingerprint density at radius 2 is 1.41 bits per heavy atom. The van der Waals surface area contributed by atoms with Crippen LogP contribution in [0.25, 0.3) is 0 Å². The van der Waals surface area contributed by atoms with Gasteiger partial charge in [0.25, 0.3) is 0 Å². The number of nitrogens with zero attached hydrogens (tertiary/aromatic N) is 2. The maximum absolute atomic E-state index is 12.5. The van der Waals surface area contributed by atoms with Crippen molar-refractivity contribution in [3.63, 3.8) is 0 Å². The Hall–Kier alpha value is -2.24. The smallest absolute Gasteiger partial charge is 0.245 e. The van der Waals surface area contributed by atoms with Gasteiger partial charge in [-0.3, -0.25) is 15.0 Å². The fourth-order valence-electron chi connectivity index (χ4n) is 5.38. The van der Waals surface area contributed by atoms with E-state index in [0.717, 1.165) is 18.7 Å². The van der Waals surface area contributed by atoms with Crippen molar-refractivity contribution in [1.29, 1.82) is 0 Å². The molecule has 0 spiro atoms. The lowest BCUT2D eigenvalue weighted by molar-refractivity contribution is -0.611. The van der Waals surface area contributed by atoms with Crippen molar-refractivity contribution in [3.05, 3.63) is 81.9 Å². The Labute approximate surface area is 160 Å². The van der Waals surface area contributed by atoms with Crippen LogP contribution in [-0.4, -0.2) is 47.2 Å². The van der Waals surface area contributed by atoms with Gasteiger partial charge in [0, 0.05) is 30.9 Å². The molecular weight excluding hydrogens is 340 g/mol. The molecule has 5 heteroatoms. The van der Waals surface area contributed by atoms with Crippen LogP contribution in [0.2, 0.25) is 0 Å². The standard InChI is InChI=1S/C22H26N2O3/c1-21(23-13-15-27-16-14-23)19(17-9-5-3-6-10-17)20(22(21,2)24(25)26)18-11-7-4-8-12-18/h3-12,19-20H,13-16H2,1-2H3/t19-,20-,21?,22?/m0/s1. The monoisotopic (exact) mass is 366 g/mol. The summed E-state index contributed by atoms with van der Waals surface area (Å²) in [6.45, 7) is 6.62. The second-order valence-corrected chi connectivity index (χ2v) is 7.93. The highest BCUT2D eigenvalue weighted by atomic mass is 16.6. The normalized spacial score (nSPS) is 34.0. The summed E-state index contributed by atoms with van der Waals surface area (Å²) in [4.78, 5) is 14.7. The average Bonchev–Trinajstić information content (AvgIpc) is 2.72. The van der Waals surface area contributed by atoms with E-state index in [2.05, 4.69) is 24.0 Å². The molecule has 2 aromatic carbocycles. The maximum Gasteiger partial charge on any atom is 0.245 e. The van der Waals surface area contributed by atoms with Gasteiger partial charge in [0.15, 0.2) is 0 Å². The Morgan fingerprint density at radius 1 is 0.926 bits per heavy atom. The van der Waals surface area contributed by atoms with Crippen LogP contribution in [0.5, 0.6) is 0 Å². The van der Waals surface area contributed by atoms with Gasteiger partial charge in [0.05, 0.1) is 24.7 Å². The molecule has 2 unspecified atom stereocenters. The molecule has 1 heterocycles. The lowest BCUT2D eigenvalue weighted by atomic mass is 9.44. The van der Waals surface area contributed by atoms with Gasteiger partial charge >= 0.3 is 0 Å². The molecule has 5 nitrogen and oxygen atoms in total. The Bertz CT molecular complexity index is 807. The summed E-state index contributed by atoms with van der Waals surface area (Å²) < 4.78 is 5.53. The fourth-order valence-corrected chi connectivity index (χ4v) is 5.38. The largest absolute Gasteiger partial charge is 0.379 e. The topological polar surface area (TPSA) is 55.6 Å². The zero-order chi connectivity index (χ0) is 19.1. The van der Waals surface area contributed by atoms with E-state index in [-0.39, 0.29) is 16.8 Å². The molecule has 1 saturated carbocycles. The van der Waals surface area contributed by atoms with Crippen LogP contribution < -0.4 is 0 Å². The van der Waals surface area contributed by atoms with Gasteiger partial charge in [0.1, 0.15) is 0 Å². The maximum atomic E-state index is 12.5. The first-order valence-corrected chi connectivity index (χ1v) is 9.58. The van der Waals surface area contributed by atoms with Gasteiger partial charge in [-0.1, -0.05) is 60.7 Å². The number of hydrogen-bond acceptors (Lipinski definition) is 4.